The number of hydrogen-bond acceptors (Lipinski definition) is 3. The fraction of sp³-hybridized carbons (Fsp3) is 1.00. The largest absolute Gasteiger partial charge is 0.313 e. The molecule has 0 aromatic rings. The lowest BCUT2D eigenvalue weighted by molar-refractivity contribution is 0.183. The van der Waals surface area contributed by atoms with E-state index in [1.165, 1.54) is 51.9 Å². The van der Waals surface area contributed by atoms with Crippen LogP contribution in [-0.4, -0.2) is 61.2 Å². The van der Waals surface area contributed by atoms with Crippen molar-refractivity contribution < 1.29 is 0 Å². The Morgan fingerprint density at radius 2 is 2.12 bits per heavy atom. The molecule has 1 saturated carbocycles. The van der Waals surface area contributed by atoms with Crippen LogP contribution in [0.3, 0.4) is 0 Å². The van der Waals surface area contributed by atoms with E-state index >= 15 is 0 Å². The Hall–Kier alpha value is -0.120. The van der Waals surface area contributed by atoms with Gasteiger partial charge in [-0.25, -0.2) is 0 Å². The maximum absolute atomic E-state index is 3.64. The normalized spacial score (nSPS) is 27.9. The van der Waals surface area contributed by atoms with Crippen LogP contribution in [0.15, 0.2) is 0 Å². The molecule has 1 heterocycles. The lowest BCUT2D eigenvalue weighted by atomic mass is 10.2. The monoisotopic (exact) mass is 239 g/mol. The molecule has 17 heavy (non-hydrogen) atoms. The van der Waals surface area contributed by atoms with Crippen molar-refractivity contribution in [2.75, 3.05) is 33.2 Å². The van der Waals surface area contributed by atoms with Gasteiger partial charge in [0.15, 0.2) is 0 Å². The van der Waals surface area contributed by atoms with E-state index in [1.807, 2.05) is 0 Å². The second kappa shape index (κ2) is 6.17. The maximum Gasteiger partial charge on any atom is 0.0207 e. The van der Waals surface area contributed by atoms with Gasteiger partial charge in [-0.05, 0) is 52.7 Å². The van der Waals surface area contributed by atoms with Crippen LogP contribution < -0.4 is 5.32 Å². The third-order valence-electron chi connectivity index (χ3n) is 4.30. The molecule has 2 unspecified atom stereocenters. The molecule has 0 amide bonds. The highest BCUT2D eigenvalue weighted by atomic mass is 15.3. The van der Waals surface area contributed by atoms with Crippen molar-refractivity contribution in [3.63, 3.8) is 0 Å². The molecule has 3 heteroatoms. The number of rotatable bonds is 7. The Morgan fingerprint density at radius 1 is 1.35 bits per heavy atom. The molecule has 2 rings (SSSR count). The Bertz CT molecular complexity index is 228. The van der Waals surface area contributed by atoms with Crippen LogP contribution in [0.4, 0.5) is 0 Å². The van der Waals surface area contributed by atoms with Crippen LogP contribution in [-0.2, 0) is 0 Å². The van der Waals surface area contributed by atoms with Gasteiger partial charge in [-0.2, -0.15) is 0 Å². The van der Waals surface area contributed by atoms with Crippen molar-refractivity contribution in [1.82, 2.24) is 15.1 Å². The molecule has 0 aromatic heterocycles. The zero-order valence-electron chi connectivity index (χ0n) is 11.8. The predicted molar refractivity (Wildman–Crippen MR) is 73.4 cm³/mol. The minimum absolute atomic E-state index is 0.715. The molecule has 1 N–H and O–H groups in total. The van der Waals surface area contributed by atoms with Crippen LogP contribution in [0.5, 0.6) is 0 Å². The maximum atomic E-state index is 3.64. The smallest absolute Gasteiger partial charge is 0.0207 e. The zero-order valence-corrected chi connectivity index (χ0v) is 11.8. The van der Waals surface area contributed by atoms with Crippen molar-refractivity contribution in [1.29, 1.82) is 0 Å². The average Bonchev–Trinajstić information content (AvgIpc) is 3.08. The Labute approximate surface area is 107 Å². The summed E-state index contributed by atoms with van der Waals surface area (Å²) in [6.07, 6.45) is 5.42. The molecule has 2 atom stereocenters. The van der Waals surface area contributed by atoms with E-state index in [1.54, 1.807) is 0 Å². The van der Waals surface area contributed by atoms with Gasteiger partial charge in [0.25, 0.3) is 0 Å². The Kier molecular flexibility index (Phi) is 4.83. The van der Waals surface area contributed by atoms with Crippen molar-refractivity contribution in [2.45, 2.75) is 57.7 Å². The highest BCUT2D eigenvalue weighted by molar-refractivity contribution is 4.88. The molecule has 100 valence electrons. The van der Waals surface area contributed by atoms with E-state index in [0.717, 1.165) is 12.1 Å². The van der Waals surface area contributed by atoms with Crippen molar-refractivity contribution >= 4 is 0 Å². The van der Waals surface area contributed by atoms with Crippen molar-refractivity contribution in [2.24, 2.45) is 0 Å². The van der Waals surface area contributed by atoms with Gasteiger partial charge >= 0.3 is 0 Å². The summed E-state index contributed by atoms with van der Waals surface area (Å²) < 4.78 is 0. The molecule has 1 aliphatic heterocycles. The van der Waals surface area contributed by atoms with Gasteiger partial charge in [-0.1, -0.05) is 6.92 Å². The quantitative estimate of drug-likeness (QED) is 0.727. The van der Waals surface area contributed by atoms with Gasteiger partial charge in [0, 0.05) is 31.2 Å². The molecule has 2 aliphatic rings. The van der Waals surface area contributed by atoms with Crippen molar-refractivity contribution in [3.05, 3.63) is 0 Å². The van der Waals surface area contributed by atoms with Crippen LogP contribution in [0.1, 0.15) is 39.5 Å². The molecule has 0 aromatic carbocycles. The lowest BCUT2D eigenvalue weighted by Gasteiger charge is -2.28. The first-order valence-electron chi connectivity index (χ1n) is 7.38. The van der Waals surface area contributed by atoms with Gasteiger partial charge in [0.1, 0.15) is 0 Å². The molecule has 2 fully saturated rings. The summed E-state index contributed by atoms with van der Waals surface area (Å²) in [6.45, 7) is 9.58. The average molecular weight is 239 g/mol. The number of hydrogen-bond donors (Lipinski definition) is 1. The van der Waals surface area contributed by atoms with Crippen LogP contribution >= 0.6 is 0 Å². The second-order valence-electron chi connectivity index (χ2n) is 5.94. The van der Waals surface area contributed by atoms with Crippen LogP contribution in [0.25, 0.3) is 0 Å². The highest BCUT2D eigenvalue weighted by Crippen LogP contribution is 2.27. The SMILES string of the molecule is CCCNC1CCN(CC(C)N(C)C2CC2)C1. The Balaban J connectivity index is 1.66. The topological polar surface area (TPSA) is 18.5 Å². The van der Waals surface area contributed by atoms with Crippen molar-refractivity contribution in [3.8, 4) is 0 Å². The summed E-state index contributed by atoms with van der Waals surface area (Å²) >= 11 is 0. The van der Waals surface area contributed by atoms with Gasteiger partial charge < -0.3 is 10.2 Å². The standard InChI is InChI=1S/C14H29N3/c1-4-8-15-13-7-9-17(11-13)10-12(2)16(3)14-5-6-14/h12-15H,4-11H2,1-3H3. The predicted octanol–water partition coefficient (Wildman–Crippen LogP) is 1.54. The molecular weight excluding hydrogens is 210 g/mol. The van der Waals surface area contributed by atoms with Gasteiger partial charge in [-0.15, -0.1) is 0 Å². The first-order chi connectivity index (χ1) is 8.20. The summed E-state index contributed by atoms with van der Waals surface area (Å²) in [5.74, 6) is 0. The highest BCUT2D eigenvalue weighted by Gasteiger charge is 2.31. The summed E-state index contributed by atoms with van der Waals surface area (Å²) in [4.78, 5) is 5.21. The van der Waals surface area contributed by atoms with E-state index < -0.39 is 0 Å². The minimum atomic E-state index is 0.715. The second-order valence-corrected chi connectivity index (χ2v) is 5.94. The molecule has 1 aliphatic carbocycles. The number of nitrogens with zero attached hydrogens (tertiary/aromatic N) is 2. The van der Waals surface area contributed by atoms with Gasteiger partial charge in [-0.3, -0.25) is 4.90 Å². The first kappa shape index (κ1) is 13.3. The summed E-state index contributed by atoms with van der Waals surface area (Å²) in [5, 5.41) is 3.64. The molecular formula is C14H29N3. The summed E-state index contributed by atoms with van der Waals surface area (Å²) in [7, 11) is 2.30. The van der Waals surface area contributed by atoms with E-state index in [9.17, 15) is 0 Å². The summed E-state index contributed by atoms with van der Waals surface area (Å²) in [5.41, 5.74) is 0. The molecule has 0 bridgehead atoms. The van der Waals surface area contributed by atoms with Crippen LogP contribution in [0.2, 0.25) is 0 Å². The minimum Gasteiger partial charge on any atom is -0.313 e. The van der Waals surface area contributed by atoms with Gasteiger partial charge in [0.2, 0.25) is 0 Å². The van der Waals surface area contributed by atoms with E-state index in [4.69, 9.17) is 0 Å². The van der Waals surface area contributed by atoms with E-state index in [0.29, 0.717) is 6.04 Å². The van der Waals surface area contributed by atoms with E-state index in [-0.39, 0.29) is 0 Å². The van der Waals surface area contributed by atoms with Gasteiger partial charge in [0.05, 0.1) is 0 Å². The fourth-order valence-electron chi connectivity index (χ4n) is 2.86. The first-order valence-corrected chi connectivity index (χ1v) is 7.38. The molecule has 3 nitrogen and oxygen atoms in total. The number of likely N-dealkylation sites (tertiary alicyclic amines) is 1. The third kappa shape index (κ3) is 3.94. The molecule has 0 radical (unpaired) electrons. The molecule has 1 saturated heterocycles. The molecule has 0 spiro atoms. The fourth-order valence-corrected chi connectivity index (χ4v) is 2.86. The summed E-state index contributed by atoms with van der Waals surface area (Å²) in [6, 6.07) is 2.35. The Morgan fingerprint density at radius 3 is 2.76 bits per heavy atom. The zero-order chi connectivity index (χ0) is 12.3. The number of nitrogens with one attached hydrogen (secondary N) is 1. The van der Waals surface area contributed by atoms with Crippen LogP contribution in [0, 0.1) is 0 Å². The van der Waals surface area contributed by atoms with E-state index in [2.05, 4.69) is 36.0 Å². The third-order valence-corrected chi connectivity index (χ3v) is 4.30. The number of likely N-dealkylation sites (N-methyl/N-ethyl adjacent to an activating group) is 1. The lowest BCUT2D eigenvalue weighted by Crippen LogP contribution is -2.41.